The highest BCUT2D eigenvalue weighted by atomic mass is 32.2. The second kappa shape index (κ2) is 7.92. The lowest BCUT2D eigenvalue weighted by Crippen LogP contribution is -3.14. The topological polar surface area (TPSA) is 78.7 Å². The zero-order chi connectivity index (χ0) is 19.7. The van der Waals surface area contributed by atoms with Crippen molar-refractivity contribution in [2.45, 2.75) is 19.5 Å². The van der Waals surface area contributed by atoms with Crippen LogP contribution in [0.2, 0.25) is 0 Å². The molecule has 10 heteroatoms. The number of aromatic nitrogens is 4. The van der Waals surface area contributed by atoms with Crippen LogP contribution in [0.1, 0.15) is 12.2 Å². The third-order valence-electron chi connectivity index (χ3n) is 5.81. The molecule has 4 heterocycles. The van der Waals surface area contributed by atoms with Gasteiger partial charge in [0.05, 0.1) is 17.7 Å². The van der Waals surface area contributed by atoms with Gasteiger partial charge in [0.2, 0.25) is 4.77 Å². The second-order valence-electron chi connectivity index (χ2n) is 7.87. The quantitative estimate of drug-likeness (QED) is 0.630. The Morgan fingerprint density at radius 3 is 2.75 bits per heavy atom. The zero-order valence-corrected chi connectivity index (χ0v) is 17.8. The molecule has 2 aliphatic rings. The predicted molar refractivity (Wildman–Crippen MR) is 108 cm³/mol. The van der Waals surface area contributed by atoms with Crippen LogP contribution in [0.3, 0.4) is 0 Å². The van der Waals surface area contributed by atoms with Crippen molar-refractivity contribution in [2.75, 3.05) is 42.6 Å². The Balaban J connectivity index is 1.37. The Bertz CT molecular complexity index is 977. The number of quaternary nitrogens is 1. The summed E-state index contributed by atoms with van der Waals surface area (Å²) in [6.45, 7) is 4.78. The van der Waals surface area contributed by atoms with E-state index in [-0.39, 0.29) is 11.7 Å². The molecule has 0 radical (unpaired) electrons. The molecule has 8 nitrogen and oxygen atoms in total. The van der Waals surface area contributed by atoms with Gasteiger partial charge in [-0.3, -0.25) is 4.90 Å². The molecule has 2 aliphatic heterocycles. The Kier molecular flexibility index (Phi) is 5.52. The standard InChI is InChI=1S/C18H26N6O2S2/c1-21-17(12-15-5-11-28(25,26)13-15)20-24(18(21)27)14-22-7-9-23(10-8-22)16-4-2-3-6-19-16/h2-4,6,15H,5,7-14H2,1H3/p+2/t15-/m0/s1. The van der Waals surface area contributed by atoms with Crippen molar-refractivity contribution in [2.24, 2.45) is 13.0 Å². The van der Waals surface area contributed by atoms with Gasteiger partial charge in [-0.2, -0.15) is 9.78 Å². The normalized spacial score (nSPS) is 22.6. The molecule has 0 unspecified atom stereocenters. The van der Waals surface area contributed by atoms with Crippen molar-refractivity contribution < 1.29 is 18.3 Å². The van der Waals surface area contributed by atoms with Crippen LogP contribution in [0.15, 0.2) is 24.4 Å². The van der Waals surface area contributed by atoms with Gasteiger partial charge in [-0.1, -0.05) is 6.07 Å². The molecule has 0 saturated carbocycles. The van der Waals surface area contributed by atoms with Gasteiger partial charge in [-0.15, -0.1) is 0 Å². The molecular weight excluding hydrogens is 396 g/mol. The highest BCUT2D eigenvalue weighted by molar-refractivity contribution is 7.91. The number of sulfone groups is 1. The van der Waals surface area contributed by atoms with E-state index in [4.69, 9.17) is 17.3 Å². The van der Waals surface area contributed by atoms with Crippen LogP contribution in [0.25, 0.3) is 0 Å². The fourth-order valence-electron chi connectivity index (χ4n) is 4.12. The third kappa shape index (κ3) is 4.28. The van der Waals surface area contributed by atoms with Crippen LogP contribution in [0.5, 0.6) is 0 Å². The first kappa shape index (κ1) is 19.5. The van der Waals surface area contributed by atoms with Crippen molar-refractivity contribution in [3.63, 3.8) is 0 Å². The minimum absolute atomic E-state index is 0.159. The summed E-state index contributed by atoms with van der Waals surface area (Å²) in [7, 11) is -0.930. The average molecular weight is 425 g/mol. The lowest BCUT2D eigenvalue weighted by molar-refractivity contribution is -0.924. The van der Waals surface area contributed by atoms with E-state index in [1.807, 2.05) is 28.6 Å². The summed E-state index contributed by atoms with van der Waals surface area (Å²) in [5, 5.41) is 4.73. The maximum atomic E-state index is 11.7. The molecule has 2 saturated heterocycles. The predicted octanol–water partition coefficient (Wildman–Crippen LogP) is -0.895. The summed E-state index contributed by atoms with van der Waals surface area (Å²) in [5.41, 5.74) is 0. The minimum atomic E-state index is -2.86. The van der Waals surface area contributed by atoms with Crippen LogP contribution >= 0.6 is 12.2 Å². The number of hydrogen-bond acceptors (Lipinski definition) is 5. The van der Waals surface area contributed by atoms with Crippen LogP contribution in [0.4, 0.5) is 5.82 Å². The van der Waals surface area contributed by atoms with Gasteiger partial charge in [0.1, 0.15) is 32.0 Å². The van der Waals surface area contributed by atoms with E-state index in [0.29, 0.717) is 16.9 Å². The fourth-order valence-corrected chi connectivity index (χ4v) is 6.19. The van der Waals surface area contributed by atoms with E-state index in [1.54, 1.807) is 0 Å². The molecule has 0 bridgehead atoms. The molecule has 0 aromatic carbocycles. The average Bonchev–Trinajstić information content (AvgIpc) is 3.17. The monoisotopic (exact) mass is 424 g/mol. The van der Waals surface area contributed by atoms with Gasteiger partial charge in [0.15, 0.2) is 16.5 Å². The van der Waals surface area contributed by atoms with Crippen LogP contribution in [-0.4, -0.2) is 60.5 Å². The highest BCUT2D eigenvalue weighted by Gasteiger charge is 2.30. The molecule has 2 fully saturated rings. The van der Waals surface area contributed by atoms with Crippen molar-refractivity contribution >= 4 is 27.9 Å². The molecule has 2 aromatic rings. The van der Waals surface area contributed by atoms with E-state index in [9.17, 15) is 8.42 Å². The number of hydrogen-bond donors (Lipinski definition) is 1. The SMILES string of the molecule is Cn1c(C[C@@H]2CCS(=O)(=O)C2)nn(C[NH+]2CCN(c3cccc[nH+]3)CC2)c1=S. The summed E-state index contributed by atoms with van der Waals surface area (Å²) >= 11 is 5.58. The fraction of sp³-hybridized carbons (Fsp3) is 0.611. The summed E-state index contributed by atoms with van der Waals surface area (Å²) < 4.78 is 28.0. The van der Waals surface area contributed by atoms with Crippen LogP contribution in [-0.2, 0) is 30.0 Å². The molecular formula is C18H28N6O2S2+2. The number of anilines is 1. The number of rotatable bonds is 5. The molecule has 152 valence electrons. The number of piperazine rings is 1. The Morgan fingerprint density at radius 2 is 2.11 bits per heavy atom. The maximum absolute atomic E-state index is 11.7. The number of aromatic amines is 1. The van der Waals surface area contributed by atoms with Gasteiger partial charge >= 0.3 is 0 Å². The molecule has 0 spiro atoms. The summed E-state index contributed by atoms with van der Waals surface area (Å²) in [4.78, 5) is 7.12. The van der Waals surface area contributed by atoms with Gasteiger partial charge in [-0.05, 0) is 30.6 Å². The van der Waals surface area contributed by atoms with E-state index < -0.39 is 9.84 Å². The molecule has 0 aliphatic carbocycles. The lowest BCUT2D eigenvalue weighted by Gasteiger charge is -2.27. The summed E-state index contributed by atoms with van der Waals surface area (Å²) in [5.74, 6) is 2.78. The van der Waals surface area contributed by atoms with Crippen LogP contribution in [0, 0.1) is 10.7 Å². The Hall–Kier alpha value is -1.78. The Morgan fingerprint density at radius 1 is 1.32 bits per heavy atom. The second-order valence-corrected chi connectivity index (χ2v) is 10.5. The van der Waals surface area contributed by atoms with Gasteiger partial charge < -0.3 is 9.47 Å². The molecule has 4 rings (SSSR count). The van der Waals surface area contributed by atoms with E-state index in [0.717, 1.165) is 50.9 Å². The van der Waals surface area contributed by atoms with Gasteiger partial charge in [0.25, 0.3) is 5.82 Å². The number of nitrogens with zero attached hydrogens (tertiary/aromatic N) is 4. The first-order valence-corrected chi connectivity index (χ1v) is 12.0. The van der Waals surface area contributed by atoms with Gasteiger partial charge in [0, 0.05) is 19.5 Å². The van der Waals surface area contributed by atoms with Crippen molar-refractivity contribution in [3.05, 3.63) is 35.0 Å². The van der Waals surface area contributed by atoms with Crippen LogP contribution < -0.4 is 14.8 Å². The maximum Gasteiger partial charge on any atom is 0.274 e. The number of H-pyrrole nitrogens is 1. The Labute approximate surface area is 170 Å². The van der Waals surface area contributed by atoms with Gasteiger partial charge in [-0.25, -0.2) is 13.4 Å². The number of pyridine rings is 1. The molecule has 28 heavy (non-hydrogen) atoms. The smallest absolute Gasteiger partial charge is 0.274 e. The minimum Gasteiger partial charge on any atom is -0.310 e. The molecule has 1 atom stereocenters. The summed E-state index contributed by atoms with van der Waals surface area (Å²) in [6.07, 6.45) is 3.36. The largest absolute Gasteiger partial charge is 0.310 e. The third-order valence-corrected chi connectivity index (χ3v) is 8.13. The number of nitrogens with one attached hydrogen (secondary N) is 2. The highest BCUT2D eigenvalue weighted by Crippen LogP contribution is 2.22. The van der Waals surface area contributed by atoms with Crippen molar-refractivity contribution in [1.82, 2.24) is 14.3 Å². The van der Waals surface area contributed by atoms with E-state index in [2.05, 4.69) is 22.0 Å². The summed E-state index contributed by atoms with van der Waals surface area (Å²) in [6, 6.07) is 6.15. The lowest BCUT2D eigenvalue weighted by atomic mass is 10.1. The van der Waals surface area contributed by atoms with E-state index in [1.165, 1.54) is 4.90 Å². The first-order valence-electron chi connectivity index (χ1n) is 9.80. The molecule has 2 aromatic heterocycles. The molecule has 2 N–H and O–H groups in total. The van der Waals surface area contributed by atoms with E-state index >= 15 is 0 Å². The van der Waals surface area contributed by atoms with Crippen molar-refractivity contribution in [3.8, 4) is 0 Å². The zero-order valence-electron chi connectivity index (χ0n) is 16.2. The van der Waals surface area contributed by atoms with Crippen molar-refractivity contribution in [1.29, 1.82) is 0 Å². The first-order chi connectivity index (χ1) is 13.4. The molecule has 0 amide bonds.